The fourth-order valence-electron chi connectivity index (χ4n) is 4.12. The lowest BCUT2D eigenvalue weighted by molar-refractivity contribution is -0.139. The molecule has 0 aliphatic rings. The lowest BCUT2D eigenvalue weighted by atomic mass is 10.1. The minimum absolute atomic E-state index is 0.106. The summed E-state index contributed by atoms with van der Waals surface area (Å²) >= 11 is 0. The highest BCUT2D eigenvalue weighted by atomic mass is 32.2. The molecule has 3 rings (SSSR count). The van der Waals surface area contributed by atoms with Gasteiger partial charge in [0.05, 0.1) is 17.2 Å². The predicted molar refractivity (Wildman–Crippen MR) is 153 cm³/mol. The Bertz CT molecular complexity index is 1400. The number of aryl methyl sites for hydroxylation is 1. The number of ether oxygens (including phenoxy) is 1. The lowest BCUT2D eigenvalue weighted by Crippen LogP contribution is -2.51. The van der Waals surface area contributed by atoms with Crippen molar-refractivity contribution in [1.82, 2.24) is 10.2 Å². The highest BCUT2D eigenvalue weighted by molar-refractivity contribution is 7.92. The van der Waals surface area contributed by atoms with Crippen LogP contribution >= 0.6 is 0 Å². The maximum absolute atomic E-state index is 13.9. The van der Waals surface area contributed by atoms with Gasteiger partial charge in [-0.1, -0.05) is 36.8 Å². The van der Waals surface area contributed by atoms with Gasteiger partial charge in [-0.2, -0.15) is 0 Å². The van der Waals surface area contributed by atoms with Crippen LogP contribution in [0.3, 0.4) is 0 Å². The van der Waals surface area contributed by atoms with Gasteiger partial charge in [-0.05, 0) is 81.3 Å². The molecule has 0 aliphatic carbocycles. The van der Waals surface area contributed by atoms with Crippen molar-refractivity contribution in [2.75, 3.05) is 24.0 Å². The summed E-state index contributed by atoms with van der Waals surface area (Å²) in [4.78, 5) is 28.0. The molecule has 0 radical (unpaired) electrons. The minimum Gasteiger partial charge on any atom is -0.494 e. The van der Waals surface area contributed by atoms with E-state index in [1.165, 1.54) is 4.90 Å². The monoisotopic (exact) mass is 569 g/mol. The number of rotatable bonds is 13. The van der Waals surface area contributed by atoms with E-state index in [4.69, 9.17) is 4.74 Å². The topological polar surface area (TPSA) is 96.0 Å². The Morgan fingerprint density at radius 2 is 1.68 bits per heavy atom. The van der Waals surface area contributed by atoms with Crippen molar-refractivity contribution in [3.8, 4) is 5.75 Å². The number of anilines is 1. The molecule has 3 aromatic carbocycles. The van der Waals surface area contributed by atoms with E-state index in [2.05, 4.69) is 5.32 Å². The van der Waals surface area contributed by atoms with E-state index in [1.54, 1.807) is 31.2 Å². The fourth-order valence-corrected chi connectivity index (χ4v) is 5.54. The van der Waals surface area contributed by atoms with Gasteiger partial charge in [-0.3, -0.25) is 13.9 Å². The molecule has 0 saturated carbocycles. The van der Waals surface area contributed by atoms with Crippen LogP contribution in [0.4, 0.5) is 10.1 Å². The second-order valence-corrected chi connectivity index (χ2v) is 11.2. The molecule has 0 heterocycles. The van der Waals surface area contributed by atoms with Crippen molar-refractivity contribution in [1.29, 1.82) is 0 Å². The van der Waals surface area contributed by atoms with Gasteiger partial charge >= 0.3 is 0 Å². The van der Waals surface area contributed by atoms with Gasteiger partial charge in [0, 0.05) is 13.1 Å². The molecule has 2 amide bonds. The van der Waals surface area contributed by atoms with Crippen LogP contribution in [0.2, 0.25) is 0 Å². The Hall–Kier alpha value is -3.92. The highest BCUT2D eigenvalue weighted by Gasteiger charge is 2.32. The average molecular weight is 570 g/mol. The molecule has 3 aromatic rings. The van der Waals surface area contributed by atoms with Crippen LogP contribution in [0, 0.1) is 12.7 Å². The third-order valence-electron chi connectivity index (χ3n) is 6.27. The molecular weight excluding hydrogens is 533 g/mol. The van der Waals surface area contributed by atoms with Crippen LogP contribution in [0.5, 0.6) is 5.75 Å². The zero-order valence-electron chi connectivity index (χ0n) is 23.3. The fraction of sp³-hybridized carbons (Fsp3) is 0.333. The van der Waals surface area contributed by atoms with Crippen LogP contribution < -0.4 is 14.4 Å². The first-order valence-corrected chi connectivity index (χ1v) is 14.6. The third kappa shape index (κ3) is 7.81. The normalized spacial score (nSPS) is 11.9. The van der Waals surface area contributed by atoms with E-state index in [1.807, 2.05) is 45.0 Å². The second kappa shape index (κ2) is 13.9. The number of hydrogen-bond donors (Lipinski definition) is 1. The lowest BCUT2D eigenvalue weighted by Gasteiger charge is -2.32. The largest absolute Gasteiger partial charge is 0.494 e. The molecule has 8 nitrogen and oxygen atoms in total. The van der Waals surface area contributed by atoms with Crippen LogP contribution in [0.25, 0.3) is 0 Å². The first-order valence-electron chi connectivity index (χ1n) is 13.2. The summed E-state index contributed by atoms with van der Waals surface area (Å²) in [6.07, 6.45) is 0.728. The van der Waals surface area contributed by atoms with E-state index < -0.39 is 34.3 Å². The number of carbonyl (C=O) groups is 2. The van der Waals surface area contributed by atoms with Gasteiger partial charge in [-0.25, -0.2) is 12.8 Å². The van der Waals surface area contributed by atoms with Crippen molar-refractivity contribution in [2.45, 2.75) is 51.6 Å². The standard InChI is InChI=1S/C30H36FN3O5S/c1-5-18-32-30(36)23(4)33(20-24-9-7-8-22(3)19-24)29(35)21-34(26-12-14-27(15-13-26)39-6-2)40(37,38)28-16-10-25(31)11-17-28/h7-17,19,23H,5-6,18,20-21H2,1-4H3,(H,32,36)/t23-/m0/s1. The predicted octanol–water partition coefficient (Wildman–Crippen LogP) is 4.67. The Labute approximate surface area is 235 Å². The Morgan fingerprint density at radius 1 is 1.00 bits per heavy atom. The number of nitrogens with zero attached hydrogens (tertiary/aromatic N) is 2. The summed E-state index contributed by atoms with van der Waals surface area (Å²) in [6.45, 7) is 7.71. The number of sulfonamides is 1. The number of nitrogens with one attached hydrogen (secondary N) is 1. The van der Waals surface area contributed by atoms with Gasteiger partial charge < -0.3 is 15.0 Å². The molecule has 0 fully saturated rings. The summed E-state index contributed by atoms with van der Waals surface area (Å²) in [5, 5.41) is 2.82. The summed E-state index contributed by atoms with van der Waals surface area (Å²) in [7, 11) is -4.29. The molecule has 1 atom stereocenters. The second-order valence-electron chi connectivity index (χ2n) is 9.37. The summed E-state index contributed by atoms with van der Waals surface area (Å²) in [5.41, 5.74) is 2.01. The zero-order valence-corrected chi connectivity index (χ0v) is 24.1. The highest BCUT2D eigenvalue weighted by Crippen LogP contribution is 2.27. The maximum atomic E-state index is 13.9. The summed E-state index contributed by atoms with van der Waals surface area (Å²) in [6, 6.07) is 17.4. The molecule has 0 spiro atoms. The van der Waals surface area contributed by atoms with E-state index >= 15 is 0 Å². The van der Waals surface area contributed by atoms with E-state index in [0.717, 1.165) is 46.1 Å². The van der Waals surface area contributed by atoms with Crippen LogP contribution in [-0.4, -0.2) is 50.9 Å². The first kappa shape index (κ1) is 30.6. The summed E-state index contributed by atoms with van der Waals surface area (Å²) < 4.78 is 47.6. The smallest absolute Gasteiger partial charge is 0.264 e. The average Bonchev–Trinajstić information content (AvgIpc) is 2.93. The van der Waals surface area contributed by atoms with Crippen LogP contribution in [0.1, 0.15) is 38.3 Å². The Balaban J connectivity index is 2.02. The van der Waals surface area contributed by atoms with Crippen LogP contribution in [-0.2, 0) is 26.2 Å². The number of amides is 2. The third-order valence-corrected chi connectivity index (χ3v) is 8.06. The van der Waals surface area contributed by atoms with Gasteiger partial charge in [0.1, 0.15) is 24.2 Å². The Kier molecular flexibility index (Phi) is 10.7. The Morgan fingerprint density at radius 3 is 2.27 bits per heavy atom. The van der Waals surface area contributed by atoms with Gasteiger partial charge in [0.15, 0.2) is 0 Å². The molecule has 0 aromatic heterocycles. The molecule has 40 heavy (non-hydrogen) atoms. The first-order chi connectivity index (χ1) is 19.1. The number of benzene rings is 3. The van der Waals surface area contributed by atoms with Gasteiger partial charge in [0.25, 0.3) is 10.0 Å². The number of carbonyl (C=O) groups excluding carboxylic acids is 2. The molecule has 0 bridgehead atoms. The zero-order chi connectivity index (χ0) is 29.3. The molecule has 214 valence electrons. The van der Waals surface area contributed by atoms with Crippen molar-refractivity contribution in [3.63, 3.8) is 0 Å². The number of halogens is 1. The molecule has 1 N–H and O–H groups in total. The van der Waals surface area contributed by atoms with Crippen molar-refractivity contribution in [2.24, 2.45) is 0 Å². The minimum atomic E-state index is -4.29. The van der Waals surface area contributed by atoms with Crippen molar-refractivity contribution in [3.05, 3.63) is 89.7 Å². The molecule has 0 saturated heterocycles. The van der Waals surface area contributed by atoms with Crippen LogP contribution in [0.15, 0.2) is 77.7 Å². The van der Waals surface area contributed by atoms with Crippen molar-refractivity contribution < 1.29 is 27.1 Å². The summed E-state index contributed by atoms with van der Waals surface area (Å²) in [5.74, 6) is -0.949. The van der Waals surface area contributed by atoms with E-state index in [0.29, 0.717) is 18.9 Å². The van der Waals surface area contributed by atoms with Gasteiger partial charge in [0.2, 0.25) is 11.8 Å². The van der Waals surface area contributed by atoms with Gasteiger partial charge in [-0.15, -0.1) is 0 Å². The SMILES string of the molecule is CCCNC(=O)[C@H](C)N(Cc1cccc(C)c1)C(=O)CN(c1ccc(OCC)cc1)S(=O)(=O)c1ccc(F)cc1. The van der Waals surface area contributed by atoms with E-state index in [-0.39, 0.29) is 23.0 Å². The molecule has 0 aliphatic heterocycles. The maximum Gasteiger partial charge on any atom is 0.264 e. The van der Waals surface area contributed by atoms with Crippen molar-refractivity contribution >= 4 is 27.5 Å². The van der Waals surface area contributed by atoms with E-state index in [9.17, 15) is 22.4 Å². The molecule has 0 unspecified atom stereocenters. The quantitative estimate of drug-likeness (QED) is 0.323. The molecular formula is C30H36FN3O5S. The molecule has 10 heteroatoms. The number of hydrogen-bond acceptors (Lipinski definition) is 5.